The number of anilines is 3. The van der Waals surface area contributed by atoms with E-state index < -0.39 is 5.82 Å². The lowest BCUT2D eigenvalue weighted by Crippen LogP contribution is -2.31. The molecular weight excluding hydrogens is 417 g/mol. The van der Waals surface area contributed by atoms with E-state index in [4.69, 9.17) is 4.74 Å². The van der Waals surface area contributed by atoms with Crippen LogP contribution in [-0.4, -0.2) is 51.4 Å². The van der Waals surface area contributed by atoms with Crippen LogP contribution in [0.3, 0.4) is 0 Å². The summed E-state index contributed by atoms with van der Waals surface area (Å²) >= 11 is 0. The number of carbonyl (C=O) groups is 1. The first-order valence-electron chi connectivity index (χ1n) is 10.7. The zero-order valence-electron chi connectivity index (χ0n) is 17.6. The van der Waals surface area contributed by atoms with E-state index in [0.717, 1.165) is 31.7 Å². The largest absolute Gasteiger partial charge is 0.379 e. The Bertz CT molecular complexity index is 1230. The standard InChI is InChI=1S/C21H24FN7O3/c1-23-18-8-17(27-19-15(9-24-29(18)19)20(30)25-13-4-5-13)26-16-7-12(22)10-28(21(16)31)14-3-2-6-32-11-14/h7-10,13-14,23H,2-6,11H2,1H3,(H,25,30)(H,26,27)/t14-/m0/s1. The fourth-order valence-electron chi connectivity index (χ4n) is 3.87. The predicted molar refractivity (Wildman–Crippen MR) is 116 cm³/mol. The van der Waals surface area contributed by atoms with Gasteiger partial charge >= 0.3 is 0 Å². The van der Waals surface area contributed by atoms with Crippen LogP contribution in [0.5, 0.6) is 0 Å². The van der Waals surface area contributed by atoms with E-state index in [2.05, 4.69) is 26.0 Å². The lowest BCUT2D eigenvalue weighted by Gasteiger charge is -2.24. The third-order valence-electron chi connectivity index (χ3n) is 5.69. The number of amides is 1. The van der Waals surface area contributed by atoms with Crippen LogP contribution in [0.25, 0.3) is 5.65 Å². The highest BCUT2D eigenvalue weighted by Gasteiger charge is 2.26. The Balaban J connectivity index is 1.51. The van der Waals surface area contributed by atoms with Crippen LogP contribution in [0, 0.1) is 5.82 Å². The van der Waals surface area contributed by atoms with Gasteiger partial charge in [-0.1, -0.05) is 0 Å². The summed E-state index contributed by atoms with van der Waals surface area (Å²) in [4.78, 5) is 30.1. The molecule has 0 spiro atoms. The first-order chi connectivity index (χ1) is 15.5. The molecule has 1 saturated heterocycles. The number of nitrogens with one attached hydrogen (secondary N) is 3. The van der Waals surface area contributed by atoms with Gasteiger partial charge in [0.1, 0.15) is 28.7 Å². The zero-order chi connectivity index (χ0) is 22.2. The lowest BCUT2D eigenvalue weighted by atomic mass is 10.1. The third-order valence-corrected chi connectivity index (χ3v) is 5.69. The quantitative estimate of drug-likeness (QED) is 0.536. The minimum atomic E-state index is -0.540. The highest BCUT2D eigenvalue weighted by Crippen LogP contribution is 2.24. The first kappa shape index (κ1) is 20.4. The van der Waals surface area contributed by atoms with Crippen molar-refractivity contribution in [2.45, 2.75) is 37.8 Å². The number of hydrogen-bond acceptors (Lipinski definition) is 7. The van der Waals surface area contributed by atoms with Crippen molar-refractivity contribution in [3.05, 3.63) is 46.3 Å². The molecule has 3 aromatic rings. The minimum absolute atomic E-state index is 0.0537. The van der Waals surface area contributed by atoms with Crippen LogP contribution in [0.4, 0.5) is 21.7 Å². The van der Waals surface area contributed by atoms with Crippen LogP contribution in [0.2, 0.25) is 0 Å². The van der Waals surface area contributed by atoms with Gasteiger partial charge in [-0.25, -0.2) is 9.37 Å². The van der Waals surface area contributed by atoms with E-state index >= 15 is 0 Å². The molecule has 0 aromatic carbocycles. The fraction of sp³-hybridized carbons (Fsp3) is 0.429. The van der Waals surface area contributed by atoms with E-state index in [0.29, 0.717) is 30.2 Å². The summed E-state index contributed by atoms with van der Waals surface area (Å²) in [5.74, 6) is 0.0541. The van der Waals surface area contributed by atoms with Gasteiger partial charge in [-0.15, -0.1) is 0 Å². The number of nitrogens with zero attached hydrogens (tertiary/aromatic N) is 4. The summed E-state index contributed by atoms with van der Waals surface area (Å²) < 4.78 is 22.7. The van der Waals surface area contributed by atoms with Crippen molar-refractivity contribution in [1.82, 2.24) is 24.5 Å². The van der Waals surface area contributed by atoms with Gasteiger partial charge in [0.2, 0.25) is 0 Å². The lowest BCUT2D eigenvalue weighted by molar-refractivity contribution is 0.0577. The smallest absolute Gasteiger partial charge is 0.274 e. The molecule has 0 radical (unpaired) electrons. The van der Waals surface area contributed by atoms with Crippen LogP contribution >= 0.6 is 0 Å². The molecule has 32 heavy (non-hydrogen) atoms. The second-order valence-electron chi connectivity index (χ2n) is 8.10. The number of fused-ring (bicyclic) bond motifs is 1. The Morgan fingerprint density at radius 2 is 2.12 bits per heavy atom. The van der Waals surface area contributed by atoms with Gasteiger partial charge < -0.3 is 25.3 Å². The topological polar surface area (TPSA) is 115 Å². The van der Waals surface area contributed by atoms with Crippen molar-refractivity contribution < 1.29 is 13.9 Å². The van der Waals surface area contributed by atoms with E-state index in [1.807, 2.05) is 0 Å². The maximum atomic E-state index is 14.4. The van der Waals surface area contributed by atoms with Crippen LogP contribution in [0.1, 0.15) is 42.1 Å². The Kier molecular flexibility index (Phi) is 5.25. The number of pyridine rings is 1. The molecule has 11 heteroatoms. The molecule has 168 valence electrons. The van der Waals surface area contributed by atoms with Gasteiger partial charge in [0.05, 0.1) is 18.8 Å². The zero-order valence-corrected chi connectivity index (χ0v) is 17.6. The number of hydrogen-bond donors (Lipinski definition) is 3. The van der Waals surface area contributed by atoms with Gasteiger partial charge in [-0.3, -0.25) is 9.59 Å². The van der Waals surface area contributed by atoms with Crippen molar-refractivity contribution in [2.75, 3.05) is 30.9 Å². The Morgan fingerprint density at radius 3 is 2.84 bits per heavy atom. The van der Waals surface area contributed by atoms with Crippen molar-refractivity contribution in [3.8, 4) is 0 Å². The van der Waals surface area contributed by atoms with Crippen molar-refractivity contribution in [2.24, 2.45) is 0 Å². The molecule has 4 heterocycles. The molecule has 1 amide bonds. The third kappa shape index (κ3) is 3.91. The van der Waals surface area contributed by atoms with Gasteiger partial charge in [0.15, 0.2) is 5.65 Å². The summed E-state index contributed by atoms with van der Waals surface area (Å²) in [6.07, 6.45) is 6.15. The van der Waals surface area contributed by atoms with Gasteiger partial charge in [0, 0.05) is 38.0 Å². The molecule has 3 N–H and O–H groups in total. The van der Waals surface area contributed by atoms with Gasteiger partial charge in [-0.2, -0.15) is 9.61 Å². The number of aromatic nitrogens is 4. The SMILES string of the molecule is CNc1cc(Nc2cc(F)cn([C@H]3CCCOC3)c2=O)nc2c(C(=O)NC3CC3)cnn12. The number of carbonyl (C=O) groups excluding carboxylic acids is 1. The molecule has 1 aliphatic heterocycles. The average molecular weight is 441 g/mol. The van der Waals surface area contributed by atoms with Gasteiger partial charge in [0.25, 0.3) is 11.5 Å². The molecule has 0 unspecified atom stereocenters. The summed E-state index contributed by atoms with van der Waals surface area (Å²) in [7, 11) is 1.71. The number of rotatable bonds is 6. The van der Waals surface area contributed by atoms with Crippen LogP contribution in [-0.2, 0) is 4.74 Å². The molecule has 1 atom stereocenters. The van der Waals surface area contributed by atoms with Gasteiger partial charge in [-0.05, 0) is 25.7 Å². The van der Waals surface area contributed by atoms with E-state index in [-0.39, 0.29) is 35.1 Å². The van der Waals surface area contributed by atoms with Crippen molar-refractivity contribution in [1.29, 1.82) is 0 Å². The summed E-state index contributed by atoms with van der Waals surface area (Å²) in [5, 5.41) is 13.1. The molecule has 2 fully saturated rings. The Morgan fingerprint density at radius 1 is 1.28 bits per heavy atom. The molecule has 3 aromatic heterocycles. The maximum absolute atomic E-state index is 14.4. The van der Waals surface area contributed by atoms with Crippen molar-refractivity contribution in [3.63, 3.8) is 0 Å². The molecule has 5 rings (SSSR count). The summed E-state index contributed by atoms with van der Waals surface area (Å²) in [6, 6.07) is 2.76. The number of halogens is 1. The summed E-state index contributed by atoms with van der Waals surface area (Å²) in [5.41, 5.74) is 0.343. The Hall–Kier alpha value is -3.47. The molecule has 10 nitrogen and oxygen atoms in total. The highest BCUT2D eigenvalue weighted by atomic mass is 19.1. The predicted octanol–water partition coefficient (Wildman–Crippen LogP) is 2.06. The van der Waals surface area contributed by atoms with Crippen LogP contribution < -0.4 is 21.5 Å². The second-order valence-corrected chi connectivity index (χ2v) is 8.10. The normalized spacial score (nSPS) is 18.5. The molecule has 2 aliphatic rings. The maximum Gasteiger partial charge on any atom is 0.274 e. The van der Waals surface area contributed by atoms with E-state index in [1.165, 1.54) is 21.5 Å². The monoisotopic (exact) mass is 441 g/mol. The molecule has 0 bridgehead atoms. The minimum Gasteiger partial charge on any atom is -0.379 e. The fourth-order valence-corrected chi connectivity index (χ4v) is 3.87. The average Bonchev–Trinajstić information content (AvgIpc) is 3.51. The van der Waals surface area contributed by atoms with Crippen LogP contribution in [0.15, 0.2) is 29.3 Å². The van der Waals surface area contributed by atoms with E-state index in [9.17, 15) is 14.0 Å². The number of ether oxygens (including phenoxy) is 1. The Labute approximate surface area is 182 Å². The van der Waals surface area contributed by atoms with Crippen molar-refractivity contribution >= 4 is 28.9 Å². The molecular formula is C21H24FN7O3. The summed E-state index contributed by atoms with van der Waals surface area (Å²) in [6.45, 7) is 1.01. The molecule has 1 aliphatic carbocycles. The first-order valence-corrected chi connectivity index (χ1v) is 10.7. The van der Waals surface area contributed by atoms with E-state index in [1.54, 1.807) is 13.1 Å². The molecule has 1 saturated carbocycles. The highest BCUT2D eigenvalue weighted by molar-refractivity contribution is 6.00. The second kappa shape index (κ2) is 8.23.